The zero-order valence-corrected chi connectivity index (χ0v) is 14.1. The van der Waals surface area contributed by atoms with Gasteiger partial charge in [0.15, 0.2) is 0 Å². The molecule has 0 N–H and O–H groups in total. The van der Waals surface area contributed by atoms with Crippen LogP contribution < -0.4 is 0 Å². The summed E-state index contributed by atoms with van der Waals surface area (Å²) in [5.74, 6) is 0.236. The van der Waals surface area contributed by atoms with Gasteiger partial charge in [0.2, 0.25) is 5.91 Å². The van der Waals surface area contributed by atoms with E-state index in [0.29, 0.717) is 19.5 Å². The van der Waals surface area contributed by atoms with Crippen LogP contribution in [0.4, 0.5) is 0 Å². The molecule has 3 nitrogen and oxygen atoms in total. The second-order valence-corrected chi connectivity index (χ2v) is 6.36. The van der Waals surface area contributed by atoms with E-state index in [1.54, 1.807) is 0 Å². The van der Waals surface area contributed by atoms with E-state index in [9.17, 15) is 9.59 Å². The molecule has 124 valence electrons. The Morgan fingerprint density at radius 3 is 2.88 bits per heavy atom. The van der Waals surface area contributed by atoms with Crippen LogP contribution in [0.2, 0.25) is 0 Å². The highest BCUT2D eigenvalue weighted by Crippen LogP contribution is 2.30. The van der Waals surface area contributed by atoms with Crippen molar-refractivity contribution in [1.29, 1.82) is 0 Å². The van der Waals surface area contributed by atoms with Gasteiger partial charge in [0.05, 0.1) is 0 Å². The average Bonchev–Trinajstić information content (AvgIpc) is 2.88. The Balaban J connectivity index is 1.82. The molecule has 2 aliphatic rings. The predicted octanol–water partition coefficient (Wildman–Crippen LogP) is 4.19. The largest absolute Gasteiger partial charge is 0.334 e. The molecule has 0 bridgehead atoms. The molecule has 1 aromatic carbocycles. The normalized spacial score (nSPS) is 16.3. The summed E-state index contributed by atoms with van der Waals surface area (Å²) in [6.07, 6.45) is 12.3. The zero-order valence-electron chi connectivity index (χ0n) is 14.1. The van der Waals surface area contributed by atoms with Crippen LogP contribution in [0.25, 0.3) is 5.57 Å². The van der Waals surface area contributed by atoms with E-state index in [1.165, 1.54) is 11.1 Å². The number of nitrogens with zero attached hydrogens (tertiary/aromatic N) is 1. The molecule has 0 unspecified atom stereocenters. The summed E-state index contributed by atoms with van der Waals surface area (Å²) in [6.45, 7) is 3.48. The SMILES string of the molecule is CCCCC(=O)N1Cc2ccc(C3=CC=CCC=C3C=O)cc2C1. The fourth-order valence-electron chi connectivity index (χ4n) is 3.24. The van der Waals surface area contributed by atoms with E-state index in [0.717, 1.165) is 42.3 Å². The van der Waals surface area contributed by atoms with E-state index in [4.69, 9.17) is 0 Å². The molecule has 1 heterocycles. The smallest absolute Gasteiger partial charge is 0.223 e. The number of hydrogen-bond acceptors (Lipinski definition) is 2. The molecule has 24 heavy (non-hydrogen) atoms. The Hall–Kier alpha value is -2.42. The van der Waals surface area contributed by atoms with Crippen molar-refractivity contribution in [3.63, 3.8) is 0 Å². The van der Waals surface area contributed by atoms with Crippen LogP contribution in [0.3, 0.4) is 0 Å². The van der Waals surface area contributed by atoms with Gasteiger partial charge < -0.3 is 4.90 Å². The maximum absolute atomic E-state index is 12.3. The number of allylic oxidation sites excluding steroid dienone is 6. The van der Waals surface area contributed by atoms with Crippen LogP contribution in [0.5, 0.6) is 0 Å². The van der Waals surface area contributed by atoms with Gasteiger partial charge in [-0.2, -0.15) is 0 Å². The summed E-state index contributed by atoms with van der Waals surface area (Å²) >= 11 is 0. The Bertz CT molecular complexity index is 740. The number of benzene rings is 1. The van der Waals surface area contributed by atoms with Crippen molar-refractivity contribution in [2.24, 2.45) is 0 Å². The molecular formula is C21H23NO2. The molecule has 0 aromatic heterocycles. The fourth-order valence-corrected chi connectivity index (χ4v) is 3.24. The third-order valence-electron chi connectivity index (χ3n) is 4.65. The minimum absolute atomic E-state index is 0.236. The van der Waals surface area contributed by atoms with Gasteiger partial charge in [-0.1, -0.05) is 49.8 Å². The second kappa shape index (κ2) is 7.43. The third-order valence-corrected chi connectivity index (χ3v) is 4.65. The van der Waals surface area contributed by atoms with Crippen molar-refractivity contribution in [2.75, 3.05) is 0 Å². The lowest BCUT2D eigenvalue weighted by Crippen LogP contribution is -2.24. The summed E-state index contributed by atoms with van der Waals surface area (Å²) in [6, 6.07) is 6.28. The summed E-state index contributed by atoms with van der Waals surface area (Å²) in [5.41, 5.74) is 5.13. The molecule has 0 saturated heterocycles. The maximum atomic E-state index is 12.3. The highest BCUT2D eigenvalue weighted by Gasteiger charge is 2.23. The van der Waals surface area contributed by atoms with Crippen molar-refractivity contribution >= 4 is 17.8 Å². The van der Waals surface area contributed by atoms with Crippen LogP contribution >= 0.6 is 0 Å². The van der Waals surface area contributed by atoms with Gasteiger partial charge in [-0.05, 0) is 41.2 Å². The van der Waals surface area contributed by atoms with E-state index in [2.05, 4.69) is 25.1 Å². The molecular weight excluding hydrogens is 298 g/mol. The summed E-state index contributed by atoms with van der Waals surface area (Å²) in [4.78, 5) is 25.6. The molecule has 0 saturated carbocycles. The number of carbonyl (C=O) groups is 2. The second-order valence-electron chi connectivity index (χ2n) is 6.36. The van der Waals surface area contributed by atoms with Gasteiger partial charge in [0, 0.05) is 25.1 Å². The van der Waals surface area contributed by atoms with E-state index >= 15 is 0 Å². The van der Waals surface area contributed by atoms with Crippen LogP contribution in [0, 0.1) is 0 Å². The number of carbonyl (C=O) groups excluding carboxylic acids is 2. The molecule has 1 aliphatic heterocycles. The summed E-state index contributed by atoms with van der Waals surface area (Å²) < 4.78 is 0. The maximum Gasteiger partial charge on any atom is 0.223 e. The van der Waals surface area contributed by atoms with Crippen molar-refractivity contribution in [2.45, 2.75) is 45.7 Å². The van der Waals surface area contributed by atoms with E-state index in [-0.39, 0.29) is 5.91 Å². The number of aldehydes is 1. The van der Waals surface area contributed by atoms with Gasteiger partial charge in [-0.3, -0.25) is 9.59 Å². The lowest BCUT2D eigenvalue weighted by atomic mass is 9.95. The van der Waals surface area contributed by atoms with Crippen LogP contribution in [0.1, 0.15) is 49.3 Å². The topological polar surface area (TPSA) is 37.4 Å². The molecule has 0 atom stereocenters. The number of unbranched alkanes of at least 4 members (excludes halogenated alkanes) is 1. The highest BCUT2D eigenvalue weighted by atomic mass is 16.2. The minimum atomic E-state index is 0.236. The van der Waals surface area contributed by atoms with Crippen molar-refractivity contribution < 1.29 is 9.59 Å². The van der Waals surface area contributed by atoms with Crippen LogP contribution in [-0.4, -0.2) is 17.1 Å². The zero-order chi connectivity index (χ0) is 16.9. The molecule has 1 amide bonds. The number of hydrogen-bond donors (Lipinski definition) is 0. The summed E-state index contributed by atoms with van der Waals surface area (Å²) in [7, 11) is 0. The van der Waals surface area contributed by atoms with Crippen molar-refractivity contribution in [3.8, 4) is 0 Å². The number of amides is 1. The number of fused-ring (bicyclic) bond motifs is 1. The van der Waals surface area contributed by atoms with Gasteiger partial charge in [0.25, 0.3) is 0 Å². The molecule has 0 radical (unpaired) electrons. The van der Waals surface area contributed by atoms with Crippen molar-refractivity contribution in [1.82, 2.24) is 4.90 Å². The lowest BCUT2D eigenvalue weighted by molar-refractivity contribution is -0.131. The molecule has 1 aromatic rings. The Labute approximate surface area is 143 Å². The lowest BCUT2D eigenvalue weighted by Gasteiger charge is -2.14. The first kappa shape index (κ1) is 16.4. The van der Waals surface area contributed by atoms with E-state index in [1.807, 2.05) is 29.2 Å². The highest BCUT2D eigenvalue weighted by molar-refractivity contribution is 5.99. The Morgan fingerprint density at radius 1 is 1.25 bits per heavy atom. The van der Waals surface area contributed by atoms with Gasteiger partial charge in [0.1, 0.15) is 6.29 Å². The van der Waals surface area contributed by atoms with Gasteiger partial charge >= 0.3 is 0 Å². The predicted molar refractivity (Wildman–Crippen MR) is 96.1 cm³/mol. The Morgan fingerprint density at radius 2 is 2.08 bits per heavy atom. The third kappa shape index (κ3) is 3.40. The van der Waals surface area contributed by atoms with E-state index < -0.39 is 0 Å². The quantitative estimate of drug-likeness (QED) is 0.763. The average molecular weight is 321 g/mol. The van der Waals surface area contributed by atoms with Crippen LogP contribution in [0.15, 0.2) is 48.1 Å². The summed E-state index contributed by atoms with van der Waals surface area (Å²) in [5, 5.41) is 0. The molecule has 0 spiro atoms. The first-order valence-electron chi connectivity index (χ1n) is 8.65. The van der Waals surface area contributed by atoms with Crippen LogP contribution in [-0.2, 0) is 22.7 Å². The van der Waals surface area contributed by atoms with Gasteiger partial charge in [-0.25, -0.2) is 0 Å². The van der Waals surface area contributed by atoms with Gasteiger partial charge in [-0.15, -0.1) is 0 Å². The first-order chi connectivity index (χ1) is 11.7. The molecule has 3 heteroatoms. The molecule has 1 aliphatic carbocycles. The monoisotopic (exact) mass is 321 g/mol. The minimum Gasteiger partial charge on any atom is -0.334 e. The number of rotatable bonds is 5. The molecule has 0 fully saturated rings. The Kier molecular flexibility index (Phi) is 5.09. The fraction of sp³-hybridized carbons (Fsp3) is 0.333. The van der Waals surface area contributed by atoms with Crippen molar-refractivity contribution in [3.05, 3.63) is 64.8 Å². The molecule has 3 rings (SSSR count). The standard InChI is InChI=1S/C21H23NO2/c1-2-3-9-21(24)22-13-17-11-10-16(12-19(17)14-22)20-8-6-4-5-7-18(20)15-23/h4,6-8,10-12,15H,2-3,5,9,13-14H2,1H3. The first-order valence-corrected chi connectivity index (χ1v) is 8.65.